The normalized spacial score (nSPS) is 12.8. The number of hydrogen-bond donors (Lipinski definition) is 2. The van der Waals surface area contributed by atoms with Gasteiger partial charge < -0.3 is 9.47 Å². The summed E-state index contributed by atoms with van der Waals surface area (Å²) in [5.74, 6) is 5.91. The summed E-state index contributed by atoms with van der Waals surface area (Å²) in [6.07, 6.45) is 0.155. The van der Waals surface area contributed by atoms with Crippen molar-refractivity contribution in [2.24, 2.45) is 5.84 Å². The monoisotopic (exact) mass is 226 g/mol. The summed E-state index contributed by atoms with van der Waals surface area (Å²) in [6, 6.07) is 3.38. The van der Waals surface area contributed by atoms with Gasteiger partial charge in [0.05, 0.1) is 31.6 Å². The topological polar surface area (TPSA) is 82.3 Å². The molecule has 0 aliphatic rings. The van der Waals surface area contributed by atoms with E-state index in [1.165, 1.54) is 0 Å². The van der Waals surface area contributed by atoms with Crippen molar-refractivity contribution >= 4 is 0 Å². The number of rotatable bonds is 6. The predicted octanol–water partition coefficient (Wildman–Crippen LogP) is 0.415. The fourth-order valence-corrected chi connectivity index (χ4v) is 1.13. The minimum atomic E-state index is -0.166. The molecular formula is C10H18N4O2. The number of methoxy groups -OCH3 is 1. The average Bonchev–Trinajstić information content (AvgIpc) is 2.30. The summed E-state index contributed by atoms with van der Waals surface area (Å²) >= 11 is 0. The van der Waals surface area contributed by atoms with Crippen molar-refractivity contribution in [3.63, 3.8) is 0 Å². The Morgan fingerprint density at radius 2 is 2.12 bits per heavy atom. The van der Waals surface area contributed by atoms with E-state index in [1.54, 1.807) is 19.2 Å². The lowest BCUT2D eigenvalue weighted by Crippen LogP contribution is -2.33. The summed E-state index contributed by atoms with van der Waals surface area (Å²) < 4.78 is 10.4. The van der Waals surface area contributed by atoms with Crippen molar-refractivity contribution in [1.29, 1.82) is 0 Å². The summed E-state index contributed by atoms with van der Waals surface area (Å²) in [5, 5.41) is 7.87. The quantitative estimate of drug-likeness (QED) is 0.540. The first-order valence-corrected chi connectivity index (χ1v) is 5.12. The number of hydrazine groups is 1. The van der Waals surface area contributed by atoms with Gasteiger partial charge in [-0.25, -0.2) is 5.43 Å². The van der Waals surface area contributed by atoms with Crippen LogP contribution in [0.25, 0.3) is 0 Å². The van der Waals surface area contributed by atoms with Crippen LogP contribution in [0.5, 0.6) is 5.88 Å². The molecule has 1 rings (SSSR count). The van der Waals surface area contributed by atoms with Crippen molar-refractivity contribution in [3.05, 3.63) is 17.8 Å². The zero-order valence-corrected chi connectivity index (χ0v) is 9.80. The van der Waals surface area contributed by atoms with E-state index in [0.717, 1.165) is 5.69 Å². The van der Waals surface area contributed by atoms with Crippen LogP contribution >= 0.6 is 0 Å². The molecule has 0 aliphatic carbocycles. The van der Waals surface area contributed by atoms with Crippen LogP contribution in [0.1, 0.15) is 25.6 Å². The van der Waals surface area contributed by atoms with Crippen LogP contribution in [-0.4, -0.2) is 30.0 Å². The predicted molar refractivity (Wildman–Crippen MR) is 59.7 cm³/mol. The zero-order chi connectivity index (χ0) is 12.0. The Morgan fingerprint density at radius 3 is 2.56 bits per heavy atom. The van der Waals surface area contributed by atoms with Gasteiger partial charge >= 0.3 is 0 Å². The zero-order valence-electron chi connectivity index (χ0n) is 9.80. The minimum Gasteiger partial charge on any atom is -0.480 e. The summed E-state index contributed by atoms with van der Waals surface area (Å²) in [7, 11) is 1.55. The summed E-state index contributed by atoms with van der Waals surface area (Å²) in [6.45, 7) is 4.38. The van der Waals surface area contributed by atoms with Crippen LogP contribution in [0.15, 0.2) is 12.1 Å². The van der Waals surface area contributed by atoms with Crippen LogP contribution in [0.2, 0.25) is 0 Å². The molecule has 0 fully saturated rings. The lowest BCUT2D eigenvalue weighted by atomic mass is 10.2. The van der Waals surface area contributed by atoms with E-state index in [0.29, 0.717) is 12.5 Å². The van der Waals surface area contributed by atoms with Gasteiger partial charge in [-0.15, -0.1) is 5.10 Å². The second-order valence-electron chi connectivity index (χ2n) is 3.60. The summed E-state index contributed by atoms with van der Waals surface area (Å²) in [5.41, 5.74) is 3.37. The number of hydrogen-bond acceptors (Lipinski definition) is 6. The molecule has 0 spiro atoms. The first-order chi connectivity index (χ1) is 7.67. The molecule has 1 atom stereocenters. The van der Waals surface area contributed by atoms with Gasteiger partial charge in [-0.1, -0.05) is 0 Å². The Morgan fingerprint density at radius 1 is 1.38 bits per heavy atom. The maximum absolute atomic E-state index is 5.46. The molecule has 3 N–H and O–H groups in total. The average molecular weight is 226 g/mol. The third-order valence-electron chi connectivity index (χ3n) is 2.02. The molecule has 0 saturated carbocycles. The Hall–Kier alpha value is -1.24. The molecule has 0 saturated heterocycles. The van der Waals surface area contributed by atoms with E-state index in [1.807, 2.05) is 13.8 Å². The molecule has 1 aromatic rings. The molecule has 0 aliphatic heterocycles. The molecule has 6 nitrogen and oxygen atoms in total. The molecule has 16 heavy (non-hydrogen) atoms. The molecule has 90 valence electrons. The second-order valence-corrected chi connectivity index (χ2v) is 3.60. The van der Waals surface area contributed by atoms with Gasteiger partial charge in [0.15, 0.2) is 0 Å². The highest BCUT2D eigenvalue weighted by Crippen LogP contribution is 2.12. The third kappa shape index (κ3) is 3.73. The minimum absolute atomic E-state index is 0.155. The van der Waals surface area contributed by atoms with Gasteiger partial charge in [-0.05, 0) is 19.9 Å². The fraction of sp³-hybridized carbons (Fsp3) is 0.600. The molecule has 1 unspecified atom stereocenters. The number of nitrogens with one attached hydrogen (secondary N) is 1. The standard InChI is InChI=1S/C10H18N4O2/c1-7(2)16-6-9(12-11)8-4-5-10(15-3)14-13-8/h4-5,7,9,12H,6,11H2,1-3H3. The Balaban J connectivity index is 2.63. The first-order valence-electron chi connectivity index (χ1n) is 5.12. The molecule has 0 radical (unpaired) electrons. The molecule has 0 bridgehead atoms. The number of nitrogens with two attached hydrogens (primary N) is 1. The second kappa shape index (κ2) is 6.37. The highest BCUT2D eigenvalue weighted by Gasteiger charge is 2.12. The maximum Gasteiger partial charge on any atom is 0.233 e. The van der Waals surface area contributed by atoms with Gasteiger partial charge in [0.25, 0.3) is 0 Å². The van der Waals surface area contributed by atoms with Gasteiger partial charge in [-0.3, -0.25) is 5.84 Å². The van der Waals surface area contributed by atoms with Crippen LogP contribution in [-0.2, 0) is 4.74 Å². The van der Waals surface area contributed by atoms with Crippen LogP contribution in [0.3, 0.4) is 0 Å². The van der Waals surface area contributed by atoms with Crippen LogP contribution in [0.4, 0.5) is 0 Å². The van der Waals surface area contributed by atoms with Gasteiger partial charge in [-0.2, -0.15) is 5.10 Å². The van der Waals surface area contributed by atoms with E-state index in [9.17, 15) is 0 Å². The largest absolute Gasteiger partial charge is 0.480 e. The van der Waals surface area contributed by atoms with Crippen molar-refractivity contribution in [2.75, 3.05) is 13.7 Å². The van der Waals surface area contributed by atoms with Crippen molar-refractivity contribution < 1.29 is 9.47 Å². The number of ether oxygens (including phenoxy) is 2. The number of nitrogens with zero attached hydrogens (tertiary/aromatic N) is 2. The van der Waals surface area contributed by atoms with Crippen LogP contribution < -0.4 is 16.0 Å². The van der Waals surface area contributed by atoms with E-state index < -0.39 is 0 Å². The third-order valence-corrected chi connectivity index (χ3v) is 2.02. The van der Waals surface area contributed by atoms with E-state index in [2.05, 4.69) is 15.6 Å². The molecule has 0 aromatic carbocycles. The Kier molecular flexibility index (Phi) is 5.10. The molecule has 1 heterocycles. The van der Waals surface area contributed by atoms with Gasteiger partial charge in [0.1, 0.15) is 0 Å². The molecule has 1 aromatic heterocycles. The lowest BCUT2D eigenvalue weighted by molar-refractivity contribution is 0.0601. The SMILES string of the molecule is COc1ccc(C(COC(C)C)NN)nn1. The Bertz CT molecular complexity index is 302. The van der Waals surface area contributed by atoms with Crippen molar-refractivity contribution in [2.45, 2.75) is 26.0 Å². The van der Waals surface area contributed by atoms with E-state index in [4.69, 9.17) is 15.3 Å². The van der Waals surface area contributed by atoms with Gasteiger partial charge in [0, 0.05) is 6.07 Å². The van der Waals surface area contributed by atoms with E-state index in [-0.39, 0.29) is 12.1 Å². The van der Waals surface area contributed by atoms with Crippen molar-refractivity contribution in [1.82, 2.24) is 15.6 Å². The maximum atomic E-state index is 5.46. The summed E-state index contributed by atoms with van der Waals surface area (Å²) in [4.78, 5) is 0. The lowest BCUT2D eigenvalue weighted by Gasteiger charge is -2.16. The highest BCUT2D eigenvalue weighted by molar-refractivity contribution is 5.13. The smallest absolute Gasteiger partial charge is 0.233 e. The van der Waals surface area contributed by atoms with Gasteiger partial charge in [0.2, 0.25) is 5.88 Å². The van der Waals surface area contributed by atoms with Crippen molar-refractivity contribution in [3.8, 4) is 5.88 Å². The van der Waals surface area contributed by atoms with E-state index >= 15 is 0 Å². The highest BCUT2D eigenvalue weighted by atomic mass is 16.5. The fourth-order valence-electron chi connectivity index (χ4n) is 1.13. The molecular weight excluding hydrogens is 208 g/mol. The number of aromatic nitrogens is 2. The molecule has 6 heteroatoms. The molecule has 0 amide bonds. The van der Waals surface area contributed by atoms with Crippen LogP contribution in [0, 0.1) is 0 Å². The first kappa shape index (κ1) is 12.8. The Labute approximate surface area is 95.1 Å².